The van der Waals surface area contributed by atoms with Gasteiger partial charge in [-0.15, -0.1) is 0 Å². The first-order valence-electron chi connectivity index (χ1n) is 8.54. The molecule has 6 nitrogen and oxygen atoms in total. The van der Waals surface area contributed by atoms with Crippen molar-refractivity contribution in [3.8, 4) is 0 Å². The molecule has 0 unspecified atom stereocenters. The van der Waals surface area contributed by atoms with Crippen LogP contribution in [0.15, 0.2) is 53.4 Å². The number of hydrogen-bond acceptors (Lipinski definition) is 4. The number of carbonyl (C=O) groups is 2. The number of para-hydroxylation sites is 1. The molecule has 2 aromatic rings. The van der Waals surface area contributed by atoms with Gasteiger partial charge < -0.3 is 5.32 Å². The third kappa shape index (κ3) is 5.42. The summed E-state index contributed by atoms with van der Waals surface area (Å²) in [6, 6.07) is 9.61. The highest BCUT2D eigenvalue weighted by molar-refractivity contribution is 7.89. The fraction of sp³-hybridized carbons (Fsp3) is 0.263. The molecule has 0 heterocycles. The number of carbonyl (C=O) groups excluding carboxylic acids is 2. The van der Waals surface area contributed by atoms with Gasteiger partial charge in [-0.1, -0.05) is 31.2 Å². The van der Waals surface area contributed by atoms with Crippen molar-refractivity contribution in [2.24, 2.45) is 0 Å². The van der Waals surface area contributed by atoms with Crippen molar-refractivity contribution in [1.29, 1.82) is 0 Å². The Hall–Kier alpha value is -2.72. The quantitative estimate of drug-likeness (QED) is 0.684. The first kappa shape index (κ1) is 22.6. The number of alkyl halides is 3. The highest BCUT2D eigenvalue weighted by Gasteiger charge is 2.34. The number of anilines is 1. The predicted octanol–water partition coefficient (Wildman–Crippen LogP) is 3.56. The zero-order valence-electron chi connectivity index (χ0n) is 15.7. The van der Waals surface area contributed by atoms with Gasteiger partial charge in [0.2, 0.25) is 15.9 Å². The van der Waals surface area contributed by atoms with Gasteiger partial charge in [0.15, 0.2) is 5.78 Å². The van der Waals surface area contributed by atoms with Crippen LogP contribution in [0.2, 0.25) is 0 Å². The average molecular weight is 428 g/mol. The van der Waals surface area contributed by atoms with E-state index in [-0.39, 0.29) is 17.2 Å². The summed E-state index contributed by atoms with van der Waals surface area (Å²) < 4.78 is 65.5. The summed E-state index contributed by atoms with van der Waals surface area (Å²) >= 11 is 0. The third-order valence-corrected chi connectivity index (χ3v) is 6.01. The van der Waals surface area contributed by atoms with Crippen LogP contribution in [0.25, 0.3) is 0 Å². The second-order valence-electron chi connectivity index (χ2n) is 6.10. The lowest BCUT2D eigenvalue weighted by Crippen LogP contribution is -2.38. The molecule has 0 radical (unpaired) electrons. The van der Waals surface area contributed by atoms with Crippen LogP contribution in [0.4, 0.5) is 18.9 Å². The number of halogens is 3. The van der Waals surface area contributed by atoms with Gasteiger partial charge >= 0.3 is 6.18 Å². The van der Waals surface area contributed by atoms with Crippen LogP contribution in [0, 0.1) is 0 Å². The maximum absolute atomic E-state index is 13.0. The number of hydrogen-bond donors (Lipinski definition) is 1. The Labute approximate surface area is 166 Å². The van der Waals surface area contributed by atoms with Gasteiger partial charge in [-0.2, -0.15) is 17.5 Å². The number of ketones is 1. The van der Waals surface area contributed by atoms with Crippen LogP contribution in [0.5, 0.6) is 0 Å². The van der Waals surface area contributed by atoms with E-state index in [4.69, 9.17) is 0 Å². The Bertz CT molecular complexity index is 1000. The molecule has 0 saturated carbocycles. The van der Waals surface area contributed by atoms with E-state index in [9.17, 15) is 31.2 Å². The van der Waals surface area contributed by atoms with Crippen LogP contribution in [0.3, 0.4) is 0 Å². The Balaban J connectivity index is 2.21. The molecule has 0 saturated heterocycles. The fourth-order valence-corrected chi connectivity index (χ4v) is 3.97. The molecule has 2 aromatic carbocycles. The van der Waals surface area contributed by atoms with Crippen molar-refractivity contribution >= 4 is 27.4 Å². The monoisotopic (exact) mass is 428 g/mol. The van der Waals surface area contributed by atoms with E-state index >= 15 is 0 Å². The molecule has 0 aliphatic heterocycles. The summed E-state index contributed by atoms with van der Waals surface area (Å²) in [4.78, 5) is 23.4. The van der Waals surface area contributed by atoms with E-state index in [2.05, 4.69) is 5.32 Å². The summed E-state index contributed by atoms with van der Waals surface area (Å²) in [5, 5.41) is 2.12. The minimum absolute atomic E-state index is 0.0782. The number of benzene rings is 2. The van der Waals surface area contributed by atoms with Crippen LogP contribution in [-0.4, -0.2) is 37.5 Å². The van der Waals surface area contributed by atoms with Gasteiger partial charge in [0.05, 0.1) is 22.7 Å². The SMILES string of the molecule is CCN(CC(=O)Nc1ccccc1C(F)(F)F)S(=O)(=O)c1ccc(C(C)=O)cc1. The summed E-state index contributed by atoms with van der Waals surface area (Å²) in [5.41, 5.74) is -1.16. The number of sulfonamides is 1. The standard InChI is InChI=1S/C19H19F3N2O4S/c1-3-24(29(27,28)15-10-8-14(9-11-15)13(2)25)12-18(26)23-17-7-5-4-6-16(17)19(20,21)22/h4-11H,3,12H2,1-2H3,(H,23,26). The number of amides is 1. The maximum Gasteiger partial charge on any atom is 0.418 e. The second kappa shape index (κ2) is 8.75. The smallest absolute Gasteiger partial charge is 0.324 e. The molecule has 29 heavy (non-hydrogen) atoms. The maximum atomic E-state index is 13.0. The third-order valence-electron chi connectivity index (χ3n) is 4.08. The molecule has 0 spiro atoms. The Morgan fingerprint density at radius 1 is 1.03 bits per heavy atom. The van der Waals surface area contributed by atoms with Gasteiger partial charge in [-0.3, -0.25) is 9.59 Å². The van der Waals surface area contributed by atoms with Gasteiger partial charge in [0.25, 0.3) is 0 Å². The number of Topliss-reactive ketones (excluding diaryl/α,β-unsaturated/α-hetero) is 1. The first-order chi connectivity index (χ1) is 13.5. The number of nitrogens with zero attached hydrogens (tertiary/aromatic N) is 1. The van der Waals surface area contributed by atoms with Crippen molar-refractivity contribution in [3.05, 3.63) is 59.7 Å². The van der Waals surface area contributed by atoms with Crippen molar-refractivity contribution in [2.75, 3.05) is 18.4 Å². The van der Waals surface area contributed by atoms with Crippen molar-refractivity contribution < 1.29 is 31.2 Å². The zero-order chi connectivity index (χ0) is 21.8. The highest BCUT2D eigenvalue weighted by Crippen LogP contribution is 2.34. The Kier molecular flexibility index (Phi) is 6.81. The number of nitrogens with one attached hydrogen (secondary N) is 1. The molecular formula is C19H19F3N2O4S. The van der Waals surface area contributed by atoms with Gasteiger partial charge in [0, 0.05) is 12.1 Å². The average Bonchev–Trinajstić information content (AvgIpc) is 2.65. The van der Waals surface area contributed by atoms with E-state index in [0.29, 0.717) is 5.56 Å². The van der Waals surface area contributed by atoms with E-state index in [0.717, 1.165) is 16.4 Å². The highest BCUT2D eigenvalue weighted by atomic mass is 32.2. The minimum Gasteiger partial charge on any atom is -0.324 e. The Morgan fingerprint density at radius 3 is 2.14 bits per heavy atom. The van der Waals surface area contributed by atoms with Crippen LogP contribution < -0.4 is 5.32 Å². The molecule has 0 aromatic heterocycles. The van der Waals surface area contributed by atoms with E-state index in [1.165, 1.54) is 50.2 Å². The lowest BCUT2D eigenvalue weighted by Gasteiger charge is -2.21. The van der Waals surface area contributed by atoms with Gasteiger partial charge in [-0.05, 0) is 31.2 Å². The number of rotatable bonds is 7. The van der Waals surface area contributed by atoms with Crippen molar-refractivity contribution in [2.45, 2.75) is 24.9 Å². The molecule has 0 aliphatic rings. The molecule has 0 fully saturated rings. The van der Waals surface area contributed by atoms with Crippen LogP contribution >= 0.6 is 0 Å². The summed E-state index contributed by atoms with van der Waals surface area (Å²) in [6.07, 6.45) is -4.67. The molecule has 0 atom stereocenters. The second-order valence-corrected chi connectivity index (χ2v) is 8.04. The molecule has 0 bridgehead atoms. The molecular weight excluding hydrogens is 409 g/mol. The molecule has 1 N–H and O–H groups in total. The van der Waals surface area contributed by atoms with E-state index < -0.39 is 39.9 Å². The van der Waals surface area contributed by atoms with Gasteiger partial charge in [-0.25, -0.2) is 8.42 Å². The zero-order valence-corrected chi connectivity index (χ0v) is 16.5. The summed E-state index contributed by atoms with van der Waals surface area (Å²) in [5.74, 6) is -1.14. The molecule has 0 aliphatic carbocycles. The molecule has 156 valence electrons. The minimum atomic E-state index is -4.67. The Morgan fingerprint density at radius 2 is 1.62 bits per heavy atom. The van der Waals surface area contributed by atoms with Crippen molar-refractivity contribution in [3.63, 3.8) is 0 Å². The molecule has 1 amide bonds. The summed E-state index contributed by atoms with van der Waals surface area (Å²) in [7, 11) is -4.08. The number of likely N-dealkylation sites (N-methyl/N-ethyl adjacent to an activating group) is 1. The molecule has 10 heteroatoms. The van der Waals surface area contributed by atoms with E-state index in [1.807, 2.05) is 0 Å². The van der Waals surface area contributed by atoms with Crippen LogP contribution in [-0.2, 0) is 21.0 Å². The normalized spacial score (nSPS) is 12.1. The summed E-state index contributed by atoms with van der Waals surface area (Å²) in [6.45, 7) is 2.09. The topological polar surface area (TPSA) is 83.6 Å². The van der Waals surface area contributed by atoms with Crippen LogP contribution in [0.1, 0.15) is 29.8 Å². The fourth-order valence-electron chi connectivity index (χ4n) is 2.57. The van der Waals surface area contributed by atoms with Gasteiger partial charge in [0.1, 0.15) is 0 Å². The lowest BCUT2D eigenvalue weighted by molar-refractivity contribution is -0.137. The largest absolute Gasteiger partial charge is 0.418 e. The first-order valence-corrected chi connectivity index (χ1v) is 9.98. The lowest BCUT2D eigenvalue weighted by atomic mass is 10.1. The molecule has 2 rings (SSSR count). The predicted molar refractivity (Wildman–Crippen MR) is 101 cm³/mol. The van der Waals surface area contributed by atoms with Crippen molar-refractivity contribution in [1.82, 2.24) is 4.31 Å². The van der Waals surface area contributed by atoms with E-state index in [1.54, 1.807) is 0 Å².